The van der Waals surface area contributed by atoms with E-state index in [0.29, 0.717) is 29.7 Å². The lowest BCUT2D eigenvalue weighted by Crippen LogP contribution is -2.46. The monoisotopic (exact) mass is 358 g/mol. The van der Waals surface area contributed by atoms with Crippen LogP contribution in [0.5, 0.6) is 0 Å². The molecule has 1 aromatic heterocycles. The highest BCUT2D eigenvalue weighted by Crippen LogP contribution is 2.39. The molecule has 0 aliphatic carbocycles. The maximum atomic E-state index is 15.2. The molecule has 1 saturated heterocycles. The summed E-state index contributed by atoms with van der Waals surface area (Å²) in [4.78, 5) is 1.92. The zero-order valence-electron chi connectivity index (χ0n) is 14.0. The van der Waals surface area contributed by atoms with Crippen molar-refractivity contribution in [1.82, 2.24) is 5.16 Å². The molecule has 0 saturated carbocycles. The minimum absolute atomic E-state index is 0.0245. The molecule has 0 spiro atoms. The van der Waals surface area contributed by atoms with Crippen LogP contribution in [-0.2, 0) is 14.2 Å². The summed E-state index contributed by atoms with van der Waals surface area (Å²) in [5.74, 6) is -0.526. The van der Waals surface area contributed by atoms with Gasteiger partial charge in [0.1, 0.15) is 0 Å². The molecular weight excluding hydrogens is 339 g/mol. The summed E-state index contributed by atoms with van der Waals surface area (Å²) < 4.78 is 36.7. The number of hydrogen-bond acceptors (Lipinski definition) is 6. The van der Waals surface area contributed by atoms with Crippen LogP contribution in [0.4, 0.5) is 10.1 Å². The number of benzene rings is 1. The summed E-state index contributed by atoms with van der Waals surface area (Å²) in [5.41, 5.74) is 0.930. The Morgan fingerprint density at radius 1 is 1.29 bits per heavy atom. The molecule has 0 bridgehead atoms. The Labute approximate surface area is 144 Å². The van der Waals surface area contributed by atoms with E-state index in [1.807, 2.05) is 18.7 Å². The lowest BCUT2D eigenvalue weighted by molar-refractivity contribution is -0.105. The smallest absolute Gasteiger partial charge is 0.206 e. The molecule has 24 heavy (non-hydrogen) atoms. The molecule has 1 aliphatic rings. The van der Waals surface area contributed by atoms with E-state index in [1.165, 1.54) is 14.2 Å². The second-order valence-electron chi connectivity index (χ2n) is 5.94. The van der Waals surface area contributed by atoms with Crippen molar-refractivity contribution in [3.8, 4) is 0 Å². The van der Waals surface area contributed by atoms with Gasteiger partial charge >= 0.3 is 0 Å². The number of methoxy groups -OCH3 is 2. The van der Waals surface area contributed by atoms with Crippen molar-refractivity contribution in [3.05, 3.63) is 22.6 Å². The summed E-state index contributed by atoms with van der Waals surface area (Å²) in [7, 11) is 3.00. The molecule has 2 atom stereocenters. The first-order valence-corrected chi connectivity index (χ1v) is 8.07. The van der Waals surface area contributed by atoms with Crippen LogP contribution in [-0.4, -0.2) is 44.7 Å². The average molecular weight is 359 g/mol. The van der Waals surface area contributed by atoms with E-state index in [9.17, 15) is 0 Å². The first-order valence-electron chi connectivity index (χ1n) is 7.69. The van der Waals surface area contributed by atoms with Crippen LogP contribution in [0.25, 0.3) is 11.0 Å². The molecule has 1 aromatic carbocycles. The molecule has 0 radical (unpaired) electrons. The van der Waals surface area contributed by atoms with Crippen LogP contribution in [0, 0.1) is 5.82 Å². The summed E-state index contributed by atoms with van der Waals surface area (Å²) >= 11 is 6.01. The van der Waals surface area contributed by atoms with Gasteiger partial charge in [0.15, 0.2) is 17.3 Å². The number of rotatable bonds is 4. The van der Waals surface area contributed by atoms with Gasteiger partial charge in [0.05, 0.1) is 23.3 Å². The molecule has 3 rings (SSSR count). The van der Waals surface area contributed by atoms with Crippen LogP contribution < -0.4 is 4.90 Å². The van der Waals surface area contributed by atoms with Crippen molar-refractivity contribution in [2.45, 2.75) is 32.3 Å². The topological polar surface area (TPSA) is 57.0 Å². The Balaban J connectivity index is 2.19. The number of halogens is 2. The summed E-state index contributed by atoms with van der Waals surface area (Å²) in [6.45, 7) is 4.99. The number of aromatic nitrogens is 1. The summed E-state index contributed by atoms with van der Waals surface area (Å²) in [6.07, 6.45) is -0.796. The lowest BCUT2D eigenvalue weighted by Gasteiger charge is -2.38. The van der Waals surface area contributed by atoms with Gasteiger partial charge in [0.25, 0.3) is 0 Å². The zero-order chi connectivity index (χ0) is 17.4. The van der Waals surface area contributed by atoms with Crippen LogP contribution in [0.3, 0.4) is 0 Å². The van der Waals surface area contributed by atoms with Crippen LogP contribution in [0.2, 0.25) is 5.15 Å². The van der Waals surface area contributed by atoms with Crippen molar-refractivity contribution < 1.29 is 23.1 Å². The van der Waals surface area contributed by atoms with Gasteiger partial charge in [-0.1, -0.05) is 16.8 Å². The highest BCUT2D eigenvalue weighted by atomic mass is 35.5. The van der Waals surface area contributed by atoms with E-state index < -0.39 is 12.1 Å². The largest absolute Gasteiger partial charge is 0.372 e. The molecule has 132 valence electrons. The van der Waals surface area contributed by atoms with Crippen molar-refractivity contribution in [2.75, 3.05) is 32.2 Å². The van der Waals surface area contributed by atoms with Crippen molar-refractivity contribution in [1.29, 1.82) is 0 Å². The minimum Gasteiger partial charge on any atom is -0.372 e. The highest BCUT2D eigenvalue weighted by Gasteiger charge is 2.31. The van der Waals surface area contributed by atoms with Gasteiger partial charge in [-0.2, -0.15) is 0 Å². The fourth-order valence-electron chi connectivity index (χ4n) is 3.23. The van der Waals surface area contributed by atoms with Gasteiger partial charge in [0.2, 0.25) is 5.58 Å². The van der Waals surface area contributed by atoms with E-state index in [-0.39, 0.29) is 22.9 Å². The molecule has 2 aromatic rings. The molecule has 8 heteroatoms. The second kappa shape index (κ2) is 6.84. The van der Waals surface area contributed by atoms with E-state index in [0.717, 1.165) is 0 Å². The maximum Gasteiger partial charge on any atom is 0.206 e. The number of anilines is 1. The normalized spacial score (nSPS) is 21.9. The molecular formula is C16H20ClFN2O4. The molecule has 0 unspecified atom stereocenters. The Bertz CT molecular complexity index is 724. The number of ether oxygens (including phenoxy) is 3. The zero-order valence-corrected chi connectivity index (χ0v) is 14.8. The number of hydrogen-bond donors (Lipinski definition) is 0. The van der Waals surface area contributed by atoms with Crippen LogP contribution >= 0.6 is 11.6 Å². The van der Waals surface area contributed by atoms with E-state index in [1.54, 1.807) is 6.07 Å². The lowest BCUT2D eigenvalue weighted by atomic mass is 10.1. The van der Waals surface area contributed by atoms with Gasteiger partial charge in [0, 0.05) is 32.9 Å². The van der Waals surface area contributed by atoms with E-state index >= 15 is 4.39 Å². The number of nitrogens with zero attached hydrogens (tertiary/aromatic N) is 2. The van der Waals surface area contributed by atoms with Crippen LogP contribution in [0.1, 0.15) is 25.7 Å². The SMILES string of the molecule is COC(OC)c1cc2c(Cl)noc2c(F)c1N1C[C@@H](C)O[C@@H](C)C1. The highest BCUT2D eigenvalue weighted by molar-refractivity contribution is 6.34. The molecule has 0 N–H and O–H groups in total. The third-order valence-corrected chi connectivity index (χ3v) is 4.36. The third kappa shape index (κ3) is 2.97. The maximum absolute atomic E-state index is 15.2. The predicted molar refractivity (Wildman–Crippen MR) is 88.0 cm³/mol. The van der Waals surface area contributed by atoms with Crippen molar-refractivity contribution >= 4 is 28.3 Å². The van der Waals surface area contributed by atoms with Crippen molar-refractivity contribution in [3.63, 3.8) is 0 Å². The molecule has 6 nitrogen and oxygen atoms in total. The summed E-state index contributed by atoms with van der Waals surface area (Å²) in [5, 5.41) is 4.14. The Morgan fingerprint density at radius 2 is 1.92 bits per heavy atom. The van der Waals surface area contributed by atoms with Crippen molar-refractivity contribution in [2.24, 2.45) is 0 Å². The minimum atomic E-state index is -0.738. The molecule has 1 fully saturated rings. The van der Waals surface area contributed by atoms with E-state index in [2.05, 4.69) is 5.16 Å². The Hall–Kier alpha value is -1.41. The van der Waals surface area contributed by atoms with E-state index in [4.69, 9.17) is 30.3 Å². The first kappa shape index (κ1) is 17.4. The second-order valence-corrected chi connectivity index (χ2v) is 6.30. The van der Waals surface area contributed by atoms with Gasteiger partial charge in [-0.05, 0) is 19.9 Å². The third-order valence-electron chi connectivity index (χ3n) is 4.08. The van der Waals surface area contributed by atoms with Gasteiger partial charge in [-0.25, -0.2) is 4.39 Å². The molecule has 1 aliphatic heterocycles. The van der Waals surface area contributed by atoms with Crippen LogP contribution in [0.15, 0.2) is 10.6 Å². The molecule has 0 amide bonds. The first-order chi connectivity index (χ1) is 11.5. The quantitative estimate of drug-likeness (QED) is 0.779. The van der Waals surface area contributed by atoms with Gasteiger partial charge in [-0.15, -0.1) is 0 Å². The summed E-state index contributed by atoms with van der Waals surface area (Å²) in [6, 6.07) is 1.70. The fourth-order valence-corrected chi connectivity index (χ4v) is 3.41. The molecule has 2 heterocycles. The van der Waals surface area contributed by atoms with Gasteiger partial charge < -0.3 is 23.6 Å². The predicted octanol–water partition coefficient (Wildman–Crippen LogP) is 3.53. The standard InChI is InChI=1S/C16H20ClFN2O4/c1-8-6-20(7-9(2)23-8)13-10(16(21-3)22-4)5-11-14(12(13)18)24-19-15(11)17/h5,8-9,16H,6-7H2,1-4H3/t8-,9+. The number of fused-ring (bicyclic) bond motifs is 1. The average Bonchev–Trinajstić information content (AvgIpc) is 2.89. The van der Waals surface area contributed by atoms with Gasteiger partial charge in [-0.3, -0.25) is 0 Å². The Morgan fingerprint density at radius 3 is 2.50 bits per heavy atom. The fraction of sp³-hybridized carbons (Fsp3) is 0.562. The Kier molecular flexibility index (Phi) is 4.96. The number of morpholine rings is 1.